The molecular weight excluding hydrogens is 350 g/mol. The van der Waals surface area contributed by atoms with E-state index in [1.807, 2.05) is 6.92 Å². The summed E-state index contributed by atoms with van der Waals surface area (Å²) in [5.74, 6) is 1.13. The number of halogens is 2. The molecule has 25 heavy (non-hydrogen) atoms. The van der Waals surface area contributed by atoms with Crippen LogP contribution in [0.25, 0.3) is 0 Å². The topological polar surface area (TPSA) is 51.8 Å². The molecule has 5 nitrogen and oxygen atoms in total. The summed E-state index contributed by atoms with van der Waals surface area (Å²) >= 11 is 5.24. The summed E-state index contributed by atoms with van der Waals surface area (Å²) in [6.45, 7) is -1.09. The lowest BCUT2D eigenvalue weighted by Crippen LogP contribution is -2.20. The van der Waals surface area contributed by atoms with E-state index in [9.17, 15) is 8.78 Å². The molecule has 0 amide bonds. The molecule has 0 bridgehead atoms. The van der Waals surface area contributed by atoms with Gasteiger partial charge in [-0.2, -0.15) is 8.78 Å². The second-order valence-electron chi connectivity index (χ2n) is 5.03. The highest BCUT2D eigenvalue weighted by molar-refractivity contribution is 7.80. The molecular formula is C17H18F2N2O3S. The van der Waals surface area contributed by atoms with Crippen molar-refractivity contribution in [3.8, 4) is 17.2 Å². The molecule has 0 radical (unpaired) electrons. The number of benzene rings is 2. The Morgan fingerprint density at radius 3 is 2.28 bits per heavy atom. The molecule has 0 saturated heterocycles. The molecule has 134 valence electrons. The summed E-state index contributed by atoms with van der Waals surface area (Å²) < 4.78 is 39.9. The van der Waals surface area contributed by atoms with Crippen LogP contribution in [0, 0.1) is 6.92 Å². The summed E-state index contributed by atoms with van der Waals surface area (Å²) in [4.78, 5) is 0. The predicted octanol–water partition coefficient (Wildman–Crippen LogP) is 4.42. The number of aryl methyl sites for hydroxylation is 1. The second-order valence-corrected chi connectivity index (χ2v) is 5.44. The Kier molecular flexibility index (Phi) is 6.35. The Morgan fingerprint density at radius 2 is 1.64 bits per heavy atom. The number of nitrogens with one attached hydrogen (secondary N) is 2. The smallest absolute Gasteiger partial charge is 0.387 e. The first kappa shape index (κ1) is 18.7. The van der Waals surface area contributed by atoms with E-state index < -0.39 is 6.61 Å². The van der Waals surface area contributed by atoms with Crippen LogP contribution in [0.3, 0.4) is 0 Å². The average molecular weight is 368 g/mol. The van der Waals surface area contributed by atoms with Gasteiger partial charge in [-0.1, -0.05) is 6.07 Å². The molecule has 2 aromatic carbocycles. The lowest BCUT2D eigenvalue weighted by molar-refractivity contribution is -0.0493. The maximum atomic E-state index is 12.5. The third-order valence-electron chi connectivity index (χ3n) is 3.24. The molecule has 0 aliphatic rings. The number of rotatable bonds is 6. The molecule has 0 unspecified atom stereocenters. The maximum absolute atomic E-state index is 12.5. The number of hydrogen-bond acceptors (Lipinski definition) is 4. The van der Waals surface area contributed by atoms with Crippen LogP contribution in [0.4, 0.5) is 20.2 Å². The lowest BCUT2D eigenvalue weighted by Gasteiger charge is -2.16. The van der Waals surface area contributed by atoms with Crippen LogP contribution >= 0.6 is 12.2 Å². The van der Waals surface area contributed by atoms with Crippen molar-refractivity contribution in [1.29, 1.82) is 0 Å². The quantitative estimate of drug-likeness (QED) is 0.736. The third kappa shape index (κ3) is 5.18. The van der Waals surface area contributed by atoms with Crippen LogP contribution in [-0.2, 0) is 0 Å². The maximum Gasteiger partial charge on any atom is 0.387 e. The Labute approximate surface area is 149 Å². The Bertz CT molecular complexity index is 757. The molecule has 0 saturated carbocycles. The molecule has 0 aliphatic heterocycles. The number of thiocarbonyl (C=S) groups is 1. The van der Waals surface area contributed by atoms with Crippen molar-refractivity contribution < 1.29 is 23.0 Å². The van der Waals surface area contributed by atoms with Gasteiger partial charge in [-0.25, -0.2) is 0 Å². The van der Waals surface area contributed by atoms with E-state index in [1.165, 1.54) is 13.2 Å². The van der Waals surface area contributed by atoms with Gasteiger partial charge in [-0.05, 0) is 49.0 Å². The van der Waals surface area contributed by atoms with Crippen LogP contribution in [0.15, 0.2) is 36.4 Å². The second kappa shape index (κ2) is 8.48. The van der Waals surface area contributed by atoms with Crippen molar-refractivity contribution in [2.75, 3.05) is 24.9 Å². The summed E-state index contributed by atoms with van der Waals surface area (Å²) in [7, 11) is 3.07. The van der Waals surface area contributed by atoms with E-state index in [2.05, 4.69) is 15.4 Å². The predicted molar refractivity (Wildman–Crippen MR) is 97.2 cm³/mol. The minimum absolute atomic E-state index is 0.0112. The zero-order valence-electron chi connectivity index (χ0n) is 13.9. The minimum atomic E-state index is -2.92. The molecule has 0 heterocycles. The normalized spacial score (nSPS) is 10.3. The number of methoxy groups -OCH3 is 2. The third-order valence-corrected chi connectivity index (χ3v) is 3.44. The van der Waals surface area contributed by atoms with E-state index in [-0.39, 0.29) is 10.9 Å². The van der Waals surface area contributed by atoms with Gasteiger partial charge in [0.25, 0.3) is 0 Å². The Hall–Kier alpha value is -2.61. The highest BCUT2D eigenvalue weighted by Gasteiger charge is 2.12. The van der Waals surface area contributed by atoms with Gasteiger partial charge in [0, 0.05) is 11.8 Å². The van der Waals surface area contributed by atoms with E-state index >= 15 is 0 Å². The Morgan fingerprint density at radius 1 is 0.960 bits per heavy atom. The Balaban J connectivity index is 2.14. The molecule has 2 aromatic rings. The first-order valence-electron chi connectivity index (χ1n) is 7.28. The highest BCUT2D eigenvalue weighted by atomic mass is 32.1. The van der Waals surface area contributed by atoms with Gasteiger partial charge in [0.05, 0.1) is 19.9 Å². The largest absolute Gasteiger partial charge is 0.493 e. The number of hydrogen-bond donors (Lipinski definition) is 2. The molecule has 0 fully saturated rings. The monoisotopic (exact) mass is 368 g/mol. The number of alkyl halides is 2. The van der Waals surface area contributed by atoms with Crippen molar-refractivity contribution in [3.05, 3.63) is 42.0 Å². The fourth-order valence-electron chi connectivity index (χ4n) is 2.14. The molecule has 0 aromatic heterocycles. The fourth-order valence-corrected chi connectivity index (χ4v) is 2.37. The number of ether oxygens (including phenoxy) is 3. The van der Waals surface area contributed by atoms with Crippen molar-refractivity contribution in [3.63, 3.8) is 0 Å². The molecule has 0 aliphatic carbocycles. The molecule has 0 atom stereocenters. The van der Waals surface area contributed by atoms with Gasteiger partial charge in [-0.15, -0.1) is 0 Å². The standard InChI is InChI=1S/C17H18F2N2O3S/c1-10-4-6-13(24-16(18)19)12(8-10)21-17(25)20-11-5-7-14(22-2)15(9-11)23-3/h4-9,16H,1-3H3,(H2,20,21,25). The lowest BCUT2D eigenvalue weighted by atomic mass is 10.2. The number of anilines is 2. The minimum Gasteiger partial charge on any atom is -0.493 e. The van der Waals surface area contributed by atoms with Gasteiger partial charge in [-0.3, -0.25) is 0 Å². The zero-order chi connectivity index (χ0) is 18.4. The van der Waals surface area contributed by atoms with Gasteiger partial charge in [0.15, 0.2) is 16.6 Å². The first-order valence-corrected chi connectivity index (χ1v) is 7.69. The van der Waals surface area contributed by atoms with Crippen molar-refractivity contribution in [2.24, 2.45) is 0 Å². The molecule has 2 N–H and O–H groups in total. The van der Waals surface area contributed by atoms with E-state index in [1.54, 1.807) is 37.4 Å². The zero-order valence-corrected chi connectivity index (χ0v) is 14.7. The SMILES string of the molecule is COc1ccc(NC(=S)Nc2cc(C)ccc2OC(F)F)cc1OC. The molecule has 8 heteroatoms. The van der Waals surface area contributed by atoms with Crippen LogP contribution in [0.2, 0.25) is 0 Å². The van der Waals surface area contributed by atoms with E-state index in [0.29, 0.717) is 22.9 Å². The summed E-state index contributed by atoms with van der Waals surface area (Å²) in [6, 6.07) is 9.99. The van der Waals surface area contributed by atoms with Gasteiger partial charge < -0.3 is 24.8 Å². The van der Waals surface area contributed by atoms with Crippen LogP contribution < -0.4 is 24.8 Å². The van der Waals surface area contributed by atoms with Crippen molar-refractivity contribution in [2.45, 2.75) is 13.5 Å². The molecule has 0 spiro atoms. The fraction of sp³-hybridized carbons (Fsp3) is 0.235. The molecule has 2 rings (SSSR count). The summed E-state index contributed by atoms with van der Waals surface area (Å²) in [5.41, 5.74) is 1.87. The van der Waals surface area contributed by atoms with Gasteiger partial charge in [0.2, 0.25) is 0 Å². The highest BCUT2D eigenvalue weighted by Crippen LogP contribution is 2.30. The van der Waals surface area contributed by atoms with Crippen LogP contribution in [0.1, 0.15) is 5.56 Å². The van der Waals surface area contributed by atoms with Gasteiger partial charge >= 0.3 is 6.61 Å². The van der Waals surface area contributed by atoms with E-state index in [4.69, 9.17) is 21.7 Å². The summed E-state index contributed by atoms with van der Waals surface area (Å²) in [6.07, 6.45) is 0. The van der Waals surface area contributed by atoms with Crippen LogP contribution in [0.5, 0.6) is 17.2 Å². The van der Waals surface area contributed by atoms with Gasteiger partial charge in [0.1, 0.15) is 5.75 Å². The van der Waals surface area contributed by atoms with Crippen molar-refractivity contribution in [1.82, 2.24) is 0 Å². The first-order chi connectivity index (χ1) is 11.9. The average Bonchev–Trinajstić information content (AvgIpc) is 2.56. The summed E-state index contributed by atoms with van der Waals surface area (Å²) in [5, 5.41) is 6.04. The van der Waals surface area contributed by atoms with Crippen molar-refractivity contribution >= 4 is 28.7 Å². The van der Waals surface area contributed by atoms with E-state index in [0.717, 1.165) is 5.56 Å². The van der Waals surface area contributed by atoms with Crippen LogP contribution in [-0.4, -0.2) is 25.9 Å².